The van der Waals surface area contributed by atoms with Crippen LogP contribution in [0.4, 0.5) is 0 Å². The number of aromatic hydroxyl groups is 1. The molecule has 0 heterocycles. The van der Waals surface area contributed by atoms with Gasteiger partial charge in [0.25, 0.3) is 0 Å². The van der Waals surface area contributed by atoms with Crippen molar-refractivity contribution in [2.24, 2.45) is 0 Å². The van der Waals surface area contributed by atoms with E-state index in [9.17, 15) is 5.11 Å². The van der Waals surface area contributed by atoms with Gasteiger partial charge >= 0.3 is 0 Å². The van der Waals surface area contributed by atoms with Crippen LogP contribution < -0.4 is 5.48 Å². The molecule has 3 N–H and O–H groups in total. The Bertz CT molecular complexity index is 294. The van der Waals surface area contributed by atoms with Gasteiger partial charge in [-0.3, -0.25) is 0 Å². The molecule has 72 valence electrons. The van der Waals surface area contributed by atoms with Gasteiger partial charge in [-0.25, -0.2) is 0 Å². The quantitative estimate of drug-likeness (QED) is 0.736. The van der Waals surface area contributed by atoms with Crippen molar-refractivity contribution in [1.29, 1.82) is 0 Å². The van der Waals surface area contributed by atoms with Gasteiger partial charge in [-0.15, -0.1) is 0 Å². The molecule has 0 saturated carbocycles. The summed E-state index contributed by atoms with van der Waals surface area (Å²) in [4.78, 5) is 0. The Balaban J connectivity index is 3.13. The number of rotatable bonds is 2. The van der Waals surface area contributed by atoms with Crippen LogP contribution in [-0.4, -0.2) is 10.3 Å². The van der Waals surface area contributed by atoms with E-state index in [0.29, 0.717) is 8.95 Å². The maximum Gasteiger partial charge on any atom is 0.143 e. The zero-order valence-electron chi connectivity index (χ0n) is 6.88. The minimum absolute atomic E-state index is 0.161. The summed E-state index contributed by atoms with van der Waals surface area (Å²) in [6.07, 6.45) is 0. The van der Waals surface area contributed by atoms with Gasteiger partial charge in [-0.2, -0.15) is 5.48 Å². The zero-order chi connectivity index (χ0) is 10.0. The van der Waals surface area contributed by atoms with Crippen LogP contribution in [0.5, 0.6) is 5.75 Å². The average molecular weight is 311 g/mol. The topological polar surface area (TPSA) is 52.5 Å². The summed E-state index contributed by atoms with van der Waals surface area (Å²) < 4.78 is 1.19. The van der Waals surface area contributed by atoms with Crippen LogP contribution in [0.15, 0.2) is 21.1 Å². The summed E-state index contributed by atoms with van der Waals surface area (Å²) in [6, 6.07) is 3.32. The molecule has 1 aromatic rings. The van der Waals surface area contributed by atoms with Crippen LogP contribution in [-0.2, 0) is 0 Å². The molecule has 1 unspecified atom stereocenters. The average Bonchev–Trinajstić information content (AvgIpc) is 2.12. The van der Waals surface area contributed by atoms with E-state index in [1.54, 1.807) is 12.1 Å². The summed E-state index contributed by atoms with van der Waals surface area (Å²) in [7, 11) is 0. The van der Waals surface area contributed by atoms with Crippen molar-refractivity contribution in [3.8, 4) is 5.75 Å². The highest BCUT2D eigenvalue weighted by atomic mass is 79.9. The highest BCUT2D eigenvalue weighted by Crippen LogP contribution is 2.34. The van der Waals surface area contributed by atoms with E-state index in [-0.39, 0.29) is 11.8 Å². The van der Waals surface area contributed by atoms with Crippen molar-refractivity contribution in [2.45, 2.75) is 13.0 Å². The van der Waals surface area contributed by atoms with E-state index < -0.39 is 0 Å². The van der Waals surface area contributed by atoms with Gasteiger partial charge in [-0.05, 0) is 56.5 Å². The van der Waals surface area contributed by atoms with Gasteiger partial charge < -0.3 is 10.3 Å². The summed E-state index contributed by atoms with van der Waals surface area (Å²) in [6.45, 7) is 1.81. The van der Waals surface area contributed by atoms with Gasteiger partial charge in [0.1, 0.15) is 5.75 Å². The Hall–Kier alpha value is -0.100. The Labute approximate surface area is 93.0 Å². The Morgan fingerprint density at radius 1 is 1.31 bits per heavy atom. The number of phenols is 1. The lowest BCUT2D eigenvalue weighted by molar-refractivity contribution is 0.133. The summed E-state index contributed by atoms with van der Waals surface area (Å²) in [5.41, 5.74) is 3.01. The fraction of sp³-hybridized carbons (Fsp3) is 0.250. The maximum absolute atomic E-state index is 9.41. The largest absolute Gasteiger partial charge is 0.506 e. The molecule has 0 spiro atoms. The Morgan fingerprint density at radius 2 is 1.77 bits per heavy atom. The Kier molecular flexibility index (Phi) is 3.73. The highest BCUT2D eigenvalue weighted by Gasteiger charge is 2.09. The van der Waals surface area contributed by atoms with Crippen molar-refractivity contribution < 1.29 is 10.3 Å². The van der Waals surface area contributed by atoms with Crippen molar-refractivity contribution in [2.75, 3.05) is 0 Å². The van der Waals surface area contributed by atoms with E-state index >= 15 is 0 Å². The molecule has 0 fully saturated rings. The molecule has 3 nitrogen and oxygen atoms in total. The lowest BCUT2D eigenvalue weighted by Crippen LogP contribution is -2.13. The molecule has 1 rings (SSSR count). The minimum atomic E-state index is -0.173. The zero-order valence-corrected chi connectivity index (χ0v) is 10.1. The number of halogens is 2. The second kappa shape index (κ2) is 4.41. The minimum Gasteiger partial charge on any atom is -0.506 e. The van der Waals surface area contributed by atoms with Gasteiger partial charge in [0.15, 0.2) is 0 Å². The van der Waals surface area contributed by atoms with E-state index in [1.807, 2.05) is 6.92 Å². The van der Waals surface area contributed by atoms with Gasteiger partial charge in [0.2, 0.25) is 0 Å². The van der Waals surface area contributed by atoms with Gasteiger partial charge in [-0.1, -0.05) is 0 Å². The van der Waals surface area contributed by atoms with Crippen LogP contribution in [0.25, 0.3) is 0 Å². The number of hydrogen-bond acceptors (Lipinski definition) is 3. The first-order valence-electron chi connectivity index (χ1n) is 3.63. The molecule has 0 bridgehead atoms. The van der Waals surface area contributed by atoms with E-state index in [2.05, 4.69) is 37.3 Å². The maximum atomic E-state index is 9.41. The number of hydrogen-bond donors (Lipinski definition) is 3. The normalized spacial score (nSPS) is 12.9. The molecule has 5 heteroatoms. The number of benzene rings is 1. The van der Waals surface area contributed by atoms with Crippen LogP contribution in [0, 0.1) is 0 Å². The van der Waals surface area contributed by atoms with Gasteiger partial charge in [0, 0.05) is 0 Å². The van der Waals surface area contributed by atoms with Crippen molar-refractivity contribution in [3.05, 3.63) is 26.6 Å². The monoisotopic (exact) mass is 309 g/mol. The van der Waals surface area contributed by atoms with Crippen LogP contribution in [0.1, 0.15) is 18.5 Å². The predicted octanol–water partition coefficient (Wildman–Crippen LogP) is 2.96. The summed E-state index contributed by atoms with van der Waals surface area (Å²) in [5.74, 6) is 0.161. The molecule has 0 aromatic heterocycles. The van der Waals surface area contributed by atoms with Crippen molar-refractivity contribution in [3.63, 3.8) is 0 Å². The fourth-order valence-corrected chi connectivity index (χ4v) is 2.13. The third-order valence-electron chi connectivity index (χ3n) is 1.73. The van der Waals surface area contributed by atoms with Gasteiger partial charge in [0.05, 0.1) is 15.0 Å². The molecule has 1 atom stereocenters. The second-order valence-corrected chi connectivity index (χ2v) is 4.39. The SMILES string of the molecule is CC(NO)c1cc(Br)c(O)c(Br)c1. The third kappa shape index (κ3) is 2.43. The molecule has 0 aliphatic carbocycles. The van der Waals surface area contributed by atoms with Crippen LogP contribution >= 0.6 is 31.9 Å². The third-order valence-corrected chi connectivity index (χ3v) is 2.94. The molecule has 1 aromatic carbocycles. The first kappa shape index (κ1) is 11.0. The molecule has 0 aliphatic rings. The molecule has 0 radical (unpaired) electrons. The molecule has 0 saturated heterocycles. The van der Waals surface area contributed by atoms with Crippen molar-refractivity contribution in [1.82, 2.24) is 5.48 Å². The predicted molar refractivity (Wildman–Crippen MR) is 56.8 cm³/mol. The summed E-state index contributed by atoms with van der Waals surface area (Å²) in [5, 5.41) is 18.1. The molecule has 0 amide bonds. The fourth-order valence-electron chi connectivity index (χ4n) is 0.910. The first-order chi connectivity index (χ1) is 6.06. The molecular formula is C8H9Br2NO2. The van der Waals surface area contributed by atoms with E-state index in [0.717, 1.165) is 5.56 Å². The number of hydroxylamine groups is 1. The lowest BCUT2D eigenvalue weighted by atomic mass is 10.1. The first-order valence-corrected chi connectivity index (χ1v) is 5.22. The van der Waals surface area contributed by atoms with E-state index in [4.69, 9.17) is 5.21 Å². The smallest absolute Gasteiger partial charge is 0.143 e. The lowest BCUT2D eigenvalue weighted by Gasteiger charge is -2.11. The Morgan fingerprint density at radius 3 is 2.15 bits per heavy atom. The second-order valence-electron chi connectivity index (χ2n) is 2.68. The molecular weight excluding hydrogens is 302 g/mol. The molecule has 0 aliphatic heterocycles. The molecule has 13 heavy (non-hydrogen) atoms. The van der Waals surface area contributed by atoms with Crippen LogP contribution in [0.3, 0.4) is 0 Å². The van der Waals surface area contributed by atoms with E-state index in [1.165, 1.54) is 0 Å². The number of phenolic OH excluding ortho intramolecular Hbond substituents is 1. The summed E-state index contributed by atoms with van der Waals surface area (Å²) >= 11 is 6.41. The number of nitrogens with one attached hydrogen (secondary N) is 1. The van der Waals surface area contributed by atoms with Crippen LogP contribution in [0.2, 0.25) is 0 Å². The highest BCUT2D eigenvalue weighted by molar-refractivity contribution is 9.11. The standard InChI is InChI=1S/C8H9Br2NO2/c1-4(11-13)5-2-6(9)8(12)7(10)3-5/h2-4,11-13H,1H3. The van der Waals surface area contributed by atoms with Crippen molar-refractivity contribution >= 4 is 31.9 Å².